The van der Waals surface area contributed by atoms with E-state index in [2.05, 4.69) is 5.32 Å². The van der Waals surface area contributed by atoms with Gasteiger partial charge in [0, 0.05) is 43.3 Å². The Labute approximate surface area is 261 Å². The molecule has 10 nitrogen and oxygen atoms in total. The predicted molar refractivity (Wildman–Crippen MR) is 157 cm³/mol. The number of carbonyl (C=O) groups excluding carboxylic acids is 3. The average molecular weight is 664 g/mol. The molecular formula is C29H35ClF5N5O5. The molecule has 3 amide bonds. The van der Waals surface area contributed by atoms with Crippen LogP contribution in [0.4, 0.5) is 38.1 Å². The molecule has 1 atom stereocenters. The minimum atomic E-state index is -4.27. The second-order valence-electron chi connectivity index (χ2n) is 11.4. The molecular weight excluding hydrogens is 629 g/mol. The lowest BCUT2D eigenvalue weighted by molar-refractivity contribution is -0.138. The van der Waals surface area contributed by atoms with Gasteiger partial charge in [-0.15, -0.1) is 0 Å². The molecule has 1 aliphatic rings. The number of piperazine rings is 1. The van der Waals surface area contributed by atoms with Crippen LogP contribution in [0.3, 0.4) is 0 Å². The molecule has 0 aromatic heterocycles. The van der Waals surface area contributed by atoms with E-state index in [4.69, 9.17) is 22.1 Å². The maximum absolute atomic E-state index is 15.3. The van der Waals surface area contributed by atoms with Crippen molar-refractivity contribution in [3.63, 3.8) is 0 Å². The molecule has 3 rings (SSSR count). The third-order valence-corrected chi connectivity index (χ3v) is 7.12. The Hall–Kier alpha value is -3.69. The van der Waals surface area contributed by atoms with Crippen LogP contribution in [0.1, 0.15) is 43.1 Å². The van der Waals surface area contributed by atoms with Crippen molar-refractivity contribution in [1.29, 1.82) is 0 Å². The first-order valence-corrected chi connectivity index (χ1v) is 14.3. The van der Waals surface area contributed by atoms with E-state index < -0.39 is 78.1 Å². The van der Waals surface area contributed by atoms with E-state index in [1.54, 1.807) is 31.7 Å². The normalized spacial score (nSPS) is 15.0. The first-order chi connectivity index (χ1) is 20.9. The number of nitrogens with zero attached hydrogens (tertiary/aromatic N) is 3. The number of anilines is 2. The summed E-state index contributed by atoms with van der Waals surface area (Å²) < 4.78 is 73.6. The molecule has 1 aliphatic heterocycles. The minimum Gasteiger partial charge on any atom is -0.444 e. The van der Waals surface area contributed by atoms with Crippen molar-refractivity contribution in [3.05, 3.63) is 58.1 Å². The number of nitrogens with one attached hydrogen (secondary N) is 1. The summed E-state index contributed by atoms with van der Waals surface area (Å²) in [5.41, 5.74) is 3.82. The van der Waals surface area contributed by atoms with Crippen LogP contribution < -0.4 is 16.0 Å². The molecule has 45 heavy (non-hydrogen) atoms. The Kier molecular flexibility index (Phi) is 11.6. The topological polar surface area (TPSA) is 128 Å². The molecule has 16 heteroatoms. The molecule has 2 aromatic rings. The smallest absolute Gasteiger partial charge is 0.411 e. The van der Waals surface area contributed by atoms with E-state index in [-0.39, 0.29) is 12.2 Å². The highest BCUT2D eigenvalue weighted by atomic mass is 35.5. The maximum atomic E-state index is 15.3. The fraction of sp³-hybridized carbons (Fsp3) is 0.483. The lowest BCUT2D eigenvalue weighted by atomic mass is 10.1. The summed E-state index contributed by atoms with van der Waals surface area (Å²) in [6, 6.07) is 4.91. The minimum absolute atomic E-state index is 0.143. The van der Waals surface area contributed by atoms with Gasteiger partial charge in [-0.25, -0.2) is 13.6 Å². The molecule has 1 unspecified atom stereocenters. The highest BCUT2D eigenvalue weighted by Crippen LogP contribution is 2.32. The number of carbonyl (C=O) groups is 3. The summed E-state index contributed by atoms with van der Waals surface area (Å²) in [4.78, 5) is 41.9. The number of halogens is 6. The van der Waals surface area contributed by atoms with Gasteiger partial charge < -0.3 is 25.8 Å². The molecule has 0 saturated carbocycles. The summed E-state index contributed by atoms with van der Waals surface area (Å²) in [6.07, 6.45) is -6.31. The third-order valence-electron chi connectivity index (χ3n) is 6.89. The van der Waals surface area contributed by atoms with Gasteiger partial charge in [-0.2, -0.15) is 13.2 Å². The molecule has 2 aromatic carbocycles. The first-order valence-electron chi connectivity index (χ1n) is 13.9. The second kappa shape index (κ2) is 14.6. The molecule has 0 spiro atoms. The first kappa shape index (κ1) is 35.8. The lowest BCUT2D eigenvalue weighted by Crippen LogP contribution is -2.51. The molecule has 0 bridgehead atoms. The highest BCUT2D eigenvalue weighted by molar-refractivity contribution is 6.31. The number of ether oxygens (including phenoxy) is 1. The number of rotatable bonds is 10. The number of hydrogen-bond donors (Lipinski definition) is 3. The summed E-state index contributed by atoms with van der Waals surface area (Å²) in [6.45, 7) is 4.15. The number of primary amides is 1. The van der Waals surface area contributed by atoms with Crippen molar-refractivity contribution in [3.8, 4) is 0 Å². The molecule has 0 aliphatic carbocycles. The van der Waals surface area contributed by atoms with E-state index >= 15 is 8.78 Å². The van der Waals surface area contributed by atoms with Gasteiger partial charge in [0.25, 0.3) is 5.91 Å². The van der Waals surface area contributed by atoms with Gasteiger partial charge in [-0.1, -0.05) is 17.7 Å². The Morgan fingerprint density at radius 3 is 2.27 bits per heavy atom. The van der Waals surface area contributed by atoms with Crippen molar-refractivity contribution in [1.82, 2.24) is 9.80 Å². The van der Waals surface area contributed by atoms with Crippen LogP contribution in [0.2, 0.25) is 5.02 Å². The van der Waals surface area contributed by atoms with Crippen molar-refractivity contribution in [2.75, 3.05) is 49.5 Å². The summed E-state index contributed by atoms with van der Waals surface area (Å²) in [5.74, 6) is -5.15. The van der Waals surface area contributed by atoms with Crippen molar-refractivity contribution >= 4 is 40.9 Å². The zero-order valence-corrected chi connectivity index (χ0v) is 25.6. The maximum Gasteiger partial charge on any atom is 0.411 e. The number of aliphatic hydroxyl groups excluding tert-OH is 1. The van der Waals surface area contributed by atoms with Crippen molar-refractivity contribution < 1.29 is 46.2 Å². The fourth-order valence-electron chi connectivity index (χ4n) is 4.59. The zero-order chi connectivity index (χ0) is 33.7. The van der Waals surface area contributed by atoms with Crippen LogP contribution in [-0.2, 0) is 16.1 Å². The molecule has 1 saturated heterocycles. The monoisotopic (exact) mass is 663 g/mol. The van der Waals surface area contributed by atoms with Crippen LogP contribution in [0.15, 0.2) is 30.3 Å². The Bertz CT molecular complexity index is 1400. The lowest BCUT2D eigenvalue weighted by Gasteiger charge is -2.37. The Morgan fingerprint density at radius 1 is 1.07 bits per heavy atom. The van der Waals surface area contributed by atoms with Gasteiger partial charge in [0.1, 0.15) is 11.6 Å². The Morgan fingerprint density at radius 2 is 1.71 bits per heavy atom. The van der Waals surface area contributed by atoms with Crippen LogP contribution in [0, 0.1) is 11.6 Å². The molecule has 248 valence electrons. The van der Waals surface area contributed by atoms with Crippen LogP contribution in [-0.4, -0.2) is 90.0 Å². The number of benzene rings is 2. The highest BCUT2D eigenvalue weighted by Gasteiger charge is 2.33. The van der Waals surface area contributed by atoms with Crippen molar-refractivity contribution in [2.24, 2.45) is 5.73 Å². The van der Waals surface area contributed by atoms with Gasteiger partial charge in [0.15, 0.2) is 11.6 Å². The van der Waals surface area contributed by atoms with Gasteiger partial charge in [0.05, 0.1) is 36.5 Å². The van der Waals surface area contributed by atoms with E-state index in [1.807, 2.05) is 4.90 Å². The van der Waals surface area contributed by atoms with E-state index in [1.165, 1.54) is 12.1 Å². The summed E-state index contributed by atoms with van der Waals surface area (Å²) in [7, 11) is 0. The van der Waals surface area contributed by atoms with Crippen LogP contribution in [0.25, 0.3) is 0 Å². The molecule has 4 N–H and O–H groups in total. The predicted octanol–water partition coefficient (Wildman–Crippen LogP) is 4.53. The van der Waals surface area contributed by atoms with Gasteiger partial charge in [-0.05, 0) is 45.0 Å². The quantitative estimate of drug-likeness (QED) is 0.319. The number of aliphatic hydroxyl groups is 1. The summed E-state index contributed by atoms with van der Waals surface area (Å²) in [5, 5.41) is 12.5. The fourth-order valence-corrected chi connectivity index (χ4v) is 4.76. The van der Waals surface area contributed by atoms with Gasteiger partial charge in [0.2, 0.25) is 5.91 Å². The van der Waals surface area contributed by atoms with E-state index in [0.29, 0.717) is 41.8 Å². The average Bonchev–Trinajstić information content (AvgIpc) is 2.93. The number of hydrogen-bond acceptors (Lipinski definition) is 7. The number of alkyl halides is 3. The summed E-state index contributed by atoms with van der Waals surface area (Å²) >= 11 is 6.17. The SMILES string of the molecule is CC(C)(C)OC(=O)N(Cc1ccc(C(=O)Nc2ccc(Cl)cc2N2CCN(CCC(F)(F)F)CC2)c(F)c1F)C(CO)C(N)=O. The zero-order valence-electron chi connectivity index (χ0n) is 24.9. The molecule has 1 heterocycles. The van der Waals surface area contributed by atoms with Gasteiger partial charge in [-0.3, -0.25) is 19.4 Å². The largest absolute Gasteiger partial charge is 0.444 e. The second-order valence-corrected chi connectivity index (χ2v) is 11.9. The number of nitrogens with two attached hydrogens (primary N) is 1. The third kappa shape index (κ3) is 9.90. The standard InChI is InChI=1S/C29H35ClF5N5O5/c1-28(2,3)45-27(44)40(22(16-41)25(36)42)15-17-4-6-19(24(32)23(17)31)26(43)37-20-7-5-18(30)14-21(20)39-12-10-38(11-13-39)9-8-29(33,34)35/h4-7,14,22,41H,8-13,15-16H2,1-3H3,(H2,36,42)(H,37,43). The van der Waals surface area contributed by atoms with E-state index in [9.17, 15) is 32.7 Å². The molecule has 1 fully saturated rings. The van der Waals surface area contributed by atoms with E-state index in [0.717, 1.165) is 12.1 Å². The Balaban J connectivity index is 1.80. The molecule has 0 radical (unpaired) electrons. The van der Waals surface area contributed by atoms with Gasteiger partial charge >= 0.3 is 12.3 Å². The van der Waals surface area contributed by atoms with Crippen LogP contribution in [0.5, 0.6) is 0 Å². The van der Waals surface area contributed by atoms with Crippen LogP contribution >= 0.6 is 11.6 Å². The van der Waals surface area contributed by atoms with Crippen molar-refractivity contribution in [2.45, 2.75) is 51.6 Å². The number of amides is 3.